The molecule has 3 rings (SSSR count). The summed E-state index contributed by atoms with van der Waals surface area (Å²) in [6, 6.07) is 11.1. The van der Waals surface area contributed by atoms with E-state index in [1.807, 2.05) is 24.3 Å². The Morgan fingerprint density at radius 1 is 1.17 bits per heavy atom. The molecule has 158 valence electrons. The molecule has 0 saturated heterocycles. The summed E-state index contributed by atoms with van der Waals surface area (Å²) in [5, 5.41) is 0.358. The quantitative estimate of drug-likeness (QED) is 0.506. The number of fused-ring (bicyclic) bond motifs is 1. The SMILES string of the molecule is COc1cc(/C=C/C(=O)OC(C)C(=O)N2CCCc3ccccc32)cc(Cl)c1OC. The first-order valence-electron chi connectivity index (χ1n) is 9.64. The maximum Gasteiger partial charge on any atom is 0.331 e. The number of benzene rings is 2. The maximum absolute atomic E-state index is 12.8. The van der Waals surface area contributed by atoms with Crippen molar-refractivity contribution in [2.24, 2.45) is 0 Å². The molecule has 1 aliphatic rings. The molecule has 1 atom stereocenters. The van der Waals surface area contributed by atoms with E-state index in [-0.39, 0.29) is 5.91 Å². The highest BCUT2D eigenvalue weighted by Gasteiger charge is 2.27. The Balaban J connectivity index is 1.67. The zero-order valence-electron chi connectivity index (χ0n) is 17.2. The second-order valence-corrected chi connectivity index (χ2v) is 7.28. The first-order valence-corrected chi connectivity index (χ1v) is 10.0. The summed E-state index contributed by atoms with van der Waals surface area (Å²) in [5.74, 6) is 0.00960. The molecule has 0 bridgehead atoms. The zero-order valence-corrected chi connectivity index (χ0v) is 17.9. The lowest BCUT2D eigenvalue weighted by molar-refractivity contribution is -0.149. The van der Waals surface area contributed by atoms with Crippen LogP contribution in [-0.2, 0) is 20.7 Å². The van der Waals surface area contributed by atoms with Gasteiger partial charge >= 0.3 is 5.97 Å². The van der Waals surface area contributed by atoms with Crippen LogP contribution in [0.4, 0.5) is 5.69 Å². The number of ether oxygens (including phenoxy) is 3. The third-order valence-electron chi connectivity index (χ3n) is 4.88. The molecule has 1 aliphatic heterocycles. The Bertz CT molecular complexity index is 972. The van der Waals surface area contributed by atoms with Gasteiger partial charge in [-0.25, -0.2) is 4.79 Å². The van der Waals surface area contributed by atoms with Crippen molar-refractivity contribution in [3.05, 3.63) is 58.6 Å². The van der Waals surface area contributed by atoms with E-state index in [1.54, 1.807) is 30.0 Å². The van der Waals surface area contributed by atoms with Crippen LogP contribution in [0, 0.1) is 0 Å². The summed E-state index contributed by atoms with van der Waals surface area (Å²) in [7, 11) is 3.00. The van der Waals surface area contributed by atoms with Crippen molar-refractivity contribution in [2.45, 2.75) is 25.9 Å². The Morgan fingerprint density at radius 2 is 1.93 bits per heavy atom. The Labute approximate surface area is 181 Å². The smallest absolute Gasteiger partial charge is 0.331 e. The molecule has 0 aromatic heterocycles. The van der Waals surface area contributed by atoms with Gasteiger partial charge in [-0.1, -0.05) is 29.8 Å². The van der Waals surface area contributed by atoms with Crippen LogP contribution in [0.1, 0.15) is 24.5 Å². The second kappa shape index (κ2) is 9.67. The van der Waals surface area contributed by atoms with Crippen LogP contribution in [0.5, 0.6) is 11.5 Å². The molecular formula is C23H24ClNO5. The van der Waals surface area contributed by atoms with E-state index in [1.165, 1.54) is 20.3 Å². The molecular weight excluding hydrogens is 406 g/mol. The summed E-state index contributed by atoms with van der Waals surface area (Å²) < 4.78 is 15.8. The molecule has 0 saturated carbocycles. The van der Waals surface area contributed by atoms with E-state index < -0.39 is 12.1 Å². The van der Waals surface area contributed by atoms with E-state index in [4.69, 9.17) is 25.8 Å². The molecule has 7 heteroatoms. The highest BCUT2D eigenvalue weighted by atomic mass is 35.5. The molecule has 0 radical (unpaired) electrons. The predicted octanol–water partition coefficient (Wildman–Crippen LogP) is 4.28. The number of anilines is 1. The molecule has 1 amide bonds. The van der Waals surface area contributed by atoms with Gasteiger partial charge in [0.1, 0.15) is 0 Å². The lowest BCUT2D eigenvalue weighted by Crippen LogP contribution is -2.42. The van der Waals surface area contributed by atoms with Crippen molar-refractivity contribution in [1.82, 2.24) is 0 Å². The fourth-order valence-corrected chi connectivity index (χ4v) is 3.74. The summed E-state index contributed by atoms with van der Waals surface area (Å²) in [6.07, 6.45) is 3.71. The molecule has 0 spiro atoms. The molecule has 6 nitrogen and oxygen atoms in total. The first-order chi connectivity index (χ1) is 14.4. The minimum absolute atomic E-state index is 0.238. The van der Waals surface area contributed by atoms with E-state index in [9.17, 15) is 9.59 Å². The van der Waals surface area contributed by atoms with E-state index >= 15 is 0 Å². The minimum Gasteiger partial charge on any atom is -0.493 e. The predicted molar refractivity (Wildman–Crippen MR) is 116 cm³/mol. The summed E-state index contributed by atoms with van der Waals surface area (Å²) in [6.45, 7) is 2.19. The van der Waals surface area contributed by atoms with Crippen molar-refractivity contribution < 1.29 is 23.8 Å². The lowest BCUT2D eigenvalue weighted by atomic mass is 10.0. The normalized spacial score (nSPS) is 14.2. The number of amides is 1. The molecule has 1 heterocycles. The highest BCUT2D eigenvalue weighted by molar-refractivity contribution is 6.32. The van der Waals surface area contributed by atoms with Crippen LogP contribution >= 0.6 is 11.6 Å². The number of nitrogens with zero attached hydrogens (tertiary/aromatic N) is 1. The summed E-state index contributed by atoms with van der Waals surface area (Å²) >= 11 is 6.18. The average Bonchev–Trinajstić information content (AvgIpc) is 2.76. The van der Waals surface area contributed by atoms with Crippen LogP contribution in [-0.4, -0.2) is 38.7 Å². The van der Waals surface area contributed by atoms with Crippen LogP contribution in [0.3, 0.4) is 0 Å². The number of aryl methyl sites for hydroxylation is 1. The van der Waals surface area contributed by atoms with E-state index in [0.717, 1.165) is 24.1 Å². The van der Waals surface area contributed by atoms with Crippen LogP contribution in [0.25, 0.3) is 6.08 Å². The van der Waals surface area contributed by atoms with Gasteiger partial charge in [-0.05, 0) is 55.2 Å². The number of esters is 1. The number of hydrogen-bond acceptors (Lipinski definition) is 5. The second-order valence-electron chi connectivity index (χ2n) is 6.87. The molecule has 2 aromatic rings. The number of methoxy groups -OCH3 is 2. The third-order valence-corrected chi connectivity index (χ3v) is 5.17. The Hall–Kier alpha value is -2.99. The standard InChI is InChI=1S/C23H24ClNO5/c1-15(23(27)25-12-6-8-17-7-4-5-9-19(17)25)30-21(26)11-10-16-13-18(24)22(29-3)20(14-16)28-2/h4-5,7,9-11,13-15H,6,8,12H2,1-3H3/b11-10+. The number of rotatable bonds is 6. The molecule has 2 aromatic carbocycles. The third kappa shape index (κ3) is 4.76. The number of halogens is 1. The molecule has 0 fully saturated rings. The number of carbonyl (C=O) groups is 2. The van der Waals surface area contributed by atoms with Crippen LogP contribution in [0.15, 0.2) is 42.5 Å². The van der Waals surface area contributed by atoms with Crippen molar-refractivity contribution in [3.63, 3.8) is 0 Å². The van der Waals surface area contributed by atoms with E-state index in [0.29, 0.717) is 28.6 Å². The average molecular weight is 430 g/mol. The van der Waals surface area contributed by atoms with Gasteiger partial charge in [0.2, 0.25) is 0 Å². The topological polar surface area (TPSA) is 65.1 Å². The summed E-state index contributed by atoms with van der Waals surface area (Å²) in [5.41, 5.74) is 2.64. The van der Waals surface area contributed by atoms with Crippen molar-refractivity contribution in [3.8, 4) is 11.5 Å². The zero-order chi connectivity index (χ0) is 21.7. The lowest BCUT2D eigenvalue weighted by Gasteiger charge is -2.31. The first kappa shape index (κ1) is 21.7. The van der Waals surface area contributed by atoms with E-state index in [2.05, 4.69) is 0 Å². The van der Waals surface area contributed by atoms with Gasteiger partial charge in [-0.2, -0.15) is 0 Å². The number of hydrogen-bond donors (Lipinski definition) is 0. The van der Waals surface area contributed by atoms with Gasteiger partial charge in [0, 0.05) is 18.3 Å². The molecule has 0 N–H and O–H groups in total. The van der Waals surface area contributed by atoms with Gasteiger partial charge in [-0.3, -0.25) is 4.79 Å². The fourth-order valence-electron chi connectivity index (χ4n) is 3.44. The van der Waals surface area contributed by atoms with Crippen LogP contribution < -0.4 is 14.4 Å². The van der Waals surface area contributed by atoms with Crippen molar-refractivity contribution >= 4 is 35.2 Å². The van der Waals surface area contributed by atoms with Crippen molar-refractivity contribution in [2.75, 3.05) is 25.7 Å². The molecule has 30 heavy (non-hydrogen) atoms. The highest BCUT2D eigenvalue weighted by Crippen LogP contribution is 2.36. The largest absolute Gasteiger partial charge is 0.493 e. The fraction of sp³-hybridized carbons (Fsp3) is 0.304. The van der Waals surface area contributed by atoms with Gasteiger partial charge in [0.05, 0.1) is 19.2 Å². The molecule has 1 unspecified atom stereocenters. The van der Waals surface area contributed by atoms with Crippen LogP contribution in [0.2, 0.25) is 5.02 Å². The summed E-state index contributed by atoms with van der Waals surface area (Å²) in [4.78, 5) is 26.8. The van der Waals surface area contributed by atoms with Gasteiger partial charge in [-0.15, -0.1) is 0 Å². The number of carbonyl (C=O) groups excluding carboxylic acids is 2. The van der Waals surface area contributed by atoms with Gasteiger partial charge in [0.25, 0.3) is 5.91 Å². The van der Waals surface area contributed by atoms with Gasteiger partial charge in [0.15, 0.2) is 17.6 Å². The Kier molecular flexibility index (Phi) is 7.00. The maximum atomic E-state index is 12.8. The van der Waals surface area contributed by atoms with Crippen molar-refractivity contribution in [1.29, 1.82) is 0 Å². The monoisotopic (exact) mass is 429 g/mol. The van der Waals surface area contributed by atoms with Gasteiger partial charge < -0.3 is 19.1 Å². The number of para-hydroxylation sites is 1. The Morgan fingerprint density at radius 3 is 2.67 bits per heavy atom. The minimum atomic E-state index is -0.901. The molecule has 0 aliphatic carbocycles.